The average Bonchev–Trinajstić information content (AvgIpc) is 3.22. The molecule has 0 aliphatic heterocycles. The summed E-state index contributed by atoms with van der Waals surface area (Å²) in [6, 6.07) is 6.27. The Morgan fingerprint density at radius 2 is 2.37 bits per heavy atom. The van der Waals surface area contributed by atoms with Crippen LogP contribution in [0.15, 0.2) is 18.3 Å². The number of hydrogen-bond donors (Lipinski definition) is 1. The molecule has 1 fully saturated rings. The molecular weight excluding hydrogens is 240 g/mol. The Kier molecular flexibility index (Phi) is 4.00. The molecule has 0 radical (unpaired) electrons. The van der Waals surface area contributed by atoms with E-state index < -0.39 is 0 Å². The summed E-state index contributed by atoms with van der Waals surface area (Å²) in [4.78, 5) is 17.9. The summed E-state index contributed by atoms with van der Waals surface area (Å²) in [7, 11) is 1.70. The highest BCUT2D eigenvalue weighted by molar-refractivity contribution is 5.93. The third-order valence-corrected chi connectivity index (χ3v) is 3.05. The molecular formula is C14H18N4O. The van der Waals surface area contributed by atoms with Crippen molar-refractivity contribution >= 4 is 11.7 Å². The molecule has 100 valence electrons. The fourth-order valence-electron chi connectivity index (χ4n) is 1.80. The van der Waals surface area contributed by atoms with Crippen LogP contribution in [-0.2, 0) is 0 Å². The topological polar surface area (TPSA) is 69.0 Å². The molecule has 1 saturated carbocycles. The minimum absolute atomic E-state index is 0.104. The summed E-state index contributed by atoms with van der Waals surface area (Å²) in [6.07, 6.45) is 3.97. The number of hydrogen-bond acceptors (Lipinski definition) is 4. The van der Waals surface area contributed by atoms with Gasteiger partial charge >= 0.3 is 0 Å². The SMILES string of the molecule is CC(C#N)CN(C)C(=O)c1ccc(NC2CC2)nc1. The van der Waals surface area contributed by atoms with Crippen LogP contribution in [0, 0.1) is 17.2 Å². The number of anilines is 1. The zero-order valence-corrected chi connectivity index (χ0v) is 11.3. The van der Waals surface area contributed by atoms with Gasteiger partial charge in [-0.25, -0.2) is 4.98 Å². The van der Waals surface area contributed by atoms with E-state index in [4.69, 9.17) is 5.26 Å². The van der Waals surface area contributed by atoms with Gasteiger partial charge in [-0.2, -0.15) is 5.26 Å². The van der Waals surface area contributed by atoms with E-state index in [0.29, 0.717) is 18.2 Å². The zero-order valence-electron chi connectivity index (χ0n) is 11.3. The molecule has 0 bridgehead atoms. The smallest absolute Gasteiger partial charge is 0.255 e. The van der Waals surface area contributed by atoms with Gasteiger partial charge in [0.1, 0.15) is 5.82 Å². The Hall–Kier alpha value is -2.09. The Morgan fingerprint density at radius 1 is 1.63 bits per heavy atom. The van der Waals surface area contributed by atoms with E-state index in [1.807, 2.05) is 6.07 Å². The Bertz CT molecular complexity index is 487. The molecule has 5 heteroatoms. The van der Waals surface area contributed by atoms with E-state index in [0.717, 1.165) is 5.82 Å². The monoisotopic (exact) mass is 258 g/mol. The van der Waals surface area contributed by atoms with Gasteiger partial charge in [0.05, 0.1) is 17.6 Å². The van der Waals surface area contributed by atoms with Crippen molar-refractivity contribution in [1.29, 1.82) is 5.26 Å². The van der Waals surface area contributed by atoms with Gasteiger partial charge in [-0.15, -0.1) is 0 Å². The summed E-state index contributed by atoms with van der Waals surface area (Å²) in [5.41, 5.74) is 0.550. The molecule has 1 N–H and O–H groups in total. The first-order valence-corrected chi connectivity index (χ1v) is 6.48. The number of nitrogens with one attached hydrogen (secondary N) is 1. The predicted molar refractivity (Wildman–Crippen MR) is 72.6 cm³/mol. The van der Waals surface area contributed by atoms with Crippen LogP contribution in [0.5, 0.6) is 0 Å². The molecule has 1 atom stereocenters. The largest absolute Gasteiger partial charge is 0.367 e. The number of carbonyl (C=O) groups is 1. The number of nitrogens with zero attached hydrogens (tertiary/aromatic N) is 3. The van der Waals surface area contributed by atoms with Crippen molar-refractivity contribution in [3.63, 3.8) is 0 Å². The van der Waals surface area contributed by atoms with E-state index in [1.54, 1.807) is 31.1 Å². The predicted octanol–water partition coefficient (Wildman–Crippen LogP) is 1.89. The second-order valence-electron chi connectivity index (χ2n) is 5.07. The van der Waals surface area contributed by atoms with Crippen molar-refractivity contribution in [1.82, 2.24) is 9.88 Å². The van der Waals surface area contributed by atoms with Crippen molar-refractivity contribution in [3.05, 3.63) is 23.9 Å². The molecule has 1 aliphatic carbocycles. The first kappa shape index (κ1) is 13.3. The first-order valence-electron chi connectivity index (χ1n) is 6.48. The van der Waals surface area contributed by atoms with Crippen molar-refractivity contribution in [3.8, 4) is 6.07 Å². The molecule has 0 aromatic carbocycles. The van der Waals surface area contributed by atoms with Gasteiger partial charge in [0.15, 0.2) is 0 Å². The molecule has 1 aromatic rings. The highest BCUT2D eigenvalue weighted by Gasteiger charge is 2.21. The van der Waals surface area contributed by atoms with Crippen LogP contribution in [0.25, 0.3) is 0 Å². The minimum Gasteiger partial charge on any atom is -0.367 e. The lowest BCUT2D eigenvalue weighted by molar-refractivity contribution is 0.0784. The average molecular weight is 258 g/mol. The van der Waals surface area contributed by atoms with Crippen LogP contribution in [0.2, 0.25) is 0 Å². The number of aromatic nitrogens is 1. The minimum atomic E-state index is -0.169. The second-order valence-corrected chi connectivity index (χ2v) is 5.07. The number of amides is 1. The van der Waals surface area contributed by atoms with Gasteiger partial charge < -0.3 is 10.2 Å². The molecule has 1 heterocycles. The van der Waals surface area contributed by atoms with Gasteiger partial charge in [-0.1, -0.05) is 0 Å². The molecule has 5 nitrogen and oxygen atoms in total. The summed E-state index contributed by atoms with van der Waals surface area (Å²) in [5, 5.41) is 12.0. The number of rotatable bonds is 5. The highest BCUT2D eigenvalue weighted by atomic mass is 16.2. The Labute approximate surface area is 113 Å². The number of pyridine rings is 1. The molecule has 1 aromatic heterocycles. The van der Waals surface area contributed by atoms with Crippen LogP contribution in [0.3, 0.4) is 0 Å². The van der Waals surface area contributed by atoms with Gasteiger partial charge in [-0.3, -0.25) is 4.79 Å². The lowest BCUT2D eigenvalue weighted by Gasteiger charge is -2.18. The molecule has 1 amide bonds. The quantitative estimate of drug-likeness (QED) is 0.875. The normalized spacial score (nSPS) is 15.4. The van der Waals surface area contributed by atoms with Gasteiger partial charge in [0, 0.05) is 25.8 Å². The zero-order chi connectivity index (χ0) is 13.8. The lowest BCUT2D eigenvalue weighted by atomic mass is 10.2. The first-order chi connectivity index (χ1) is 9.10. The maximum absolute atomic E-state index is 12.1. The Morgan fingerprint density at radius 3 is 2.89 bits per heavy atom. The Balaban J connectivity index is 1.96. The fourth-order valence-corrected chi connectivity index (χ4v) is 1.80. The van der Waals surface area contributed by atoms with Crippen molar-refractivity contribution in [2.45, 2.75) is 25.8 Å². The van der Waals surface area contributed by atoms with Gasteiger partial charge in [-0.05, 0) is 31.9 Å². The molecule has 1 aliphatic rings. The van der Waals surface area contributed by atoms with Gasteiger partial charge in [0.2, 0.25) is 0 Å². The van der Waals surface area contributed by atoms with Crippen LogP contribution >= 0.6 is 0 Å². The third-order valence-electron chi connectivity index (χ3n) is 3.05. The van der Waals surface area contributed by atoms with Crippen LogP contribution in [0.1, 0.15) is 30.1 Å². The van der Waals surface area contributed by atoms with Crippen molar-refractivity contribution < 1.29 is 4.79 Å². The maximum Gasteiger partial charge on any atom is 0.255 e. The van der Waals surface area contributed by atoms with E-state index >= 15 is 0 Å². The van der Waals surface area contributed by atoms with Crippen molar-refractivity contribution in [2.24, 2.45) is 5.92 Å². The summed E-state index contributed by atoms with van der Waals surface area (Å²) in [5.74, 6) is 0.539. The third kappa shape index (κ3) is 3.68. The fraction of sp³-hybridized carbons (Fsp3) is 0.500. The van der Waals surface area contributed by atoms with E-state index in [-0.39, 0.29) is 11.8 Å². The van der Waals surface area contributed by atoms with E-state index in [2.05, 4.69) is 16.4 Å². The molecule has 0 spiro atoms. The number of nitriles is 1. The molecule has 0 saturated heterocycles. The van der Waals surface area contributed by atoms with Crippen LogP contribution in [0.4, 0.5) is 5.82 Å². The molecule has 1 unspecified atom stereocenters. The van der Waals surface area contributed by atoms with E-state index in [9.17, 15) is 4.79 Å². The maximum atomic E-state index is 12.1. The van der Waals surface area contributed by atoms with Gasteiger partial charge in [0.25, 0.3) is 5.91 Å². The van der Waals surface area contributed by atoms with Crippen molar-refractivity contribution in [2.75, 3.05) is 18.9 Å². The lowest BCUT2D eigenvalue weighted by Crippen LogP contribution is -2.30. The number of carbonyl (C=O) groups excluding carboxylic acids is 1. The van der Waals surface area contributed by atoms with E-state index in [1.165, 1.54) is 12.8 Å². The summed E-state index contributed by atoms with van der Waals surface area (Å²) >= 11 is 0. The molecule has 2 rings (SSSR count). The summed E-state index contributed by atoms with van der Waals surface area (Å²) < 4.78 is 0. The molecule has 19 heavy (non-hydrogen) atoms. The van der Waals surface area contributed by atoms with Crippen LogP contribution in [-0.4, -0.2) is 35.4 Å². The standard InChI is InChI=1S/C14H18N4O/c1-10(7-15)9-18(2)14(19)11-3-6-13(16-8-11)17-12-4-5-12/h3,6,8,10,12H,4-5,9H2,1-2H3,(H,16,17). The van der Waals surface area contributed by atoms with Crippen LogP contribution < -0.4 is 5.32 Å². The summed E-state index contributed by atoms with van der Waals surface area (Å²) in [6.45, 7) is 2.22. The highest BCUT2D eigenvalue weighted by Crippen LogP contribution is 2.23. The second kappa shape index (κ2) is 5.70.